The summed E-state index contributed by atoms with van der Waals surface area (Å²) in [4.78, 5) is 21.5. The zero-order valence-corrected chi connectivity index (χ0v) is 9.55. The Kier molecular flexibility index (Phi) is 2.67. The van der Waals surface area contributed by atoms with E-state index in [1.807, 2.05) is 0 Å². The molecule has 1 aliphatic rings. The molecule has 0 saturated heterocycles. The van der Waals surface area contributed by atoms with E-state index in [0.717, 1.165) is 0 Å². The van der Waals surface area contributed by atoms with Crippen molar-refractivity contribution in [3.63, 3.8) is 0 Å². The van der Waals surface area contributed by atoms with E-state index in [2.05, 4.69) is 38.3 Å². The largest absolute Gasteiger partial charge is 0.480 e. The summed E-state index contributed by atoms with van der Waals surface area (Å²) in [7, 11) is 0. The molecule has 1 rings (SSSR count). The predicted octanol–water partition coefficient (Wildman–Crippen LogP) is 0.805. The summed E-state index contributed by atoms with van der Waals surface area (Å²) in [6.45, 7) is 7.97. The van der Waals surface area contributed by atoms with E-state index in [1.165, 1.54) is 0 Å². The molecule has 1 aliphatic carbocycles. The van der Waals surface area contributed by atoms with Crippen molar-refractivity contribution in [1.29, 1.82) is 0 Å². The molecule has 0 atom stereocenters. The van der Waals surface area contributed by atoms with Gasteiger partial charge in [-0.1, -0.05) is 27.7 Å². The van der Waals surface area contributed by atoms with Crippen molar-refractivity contribution >= 4 is 12.0 Å². The Balaban J connectivity index is 2.39. The van der Waals surface area contributed by atoms with Crippen LogP contribution in [-0.2, 0) is 4.79 Å². The molecule has 0 aliphatic heterocycles. The average molecular weight is 214 g/mol. The van der Waals surface area contributed by atoms with Crippen LogP contribution in [0.4, 0.5) is 4.79 Å². The highest BCUT2D eigenvalue weighted by Crippen LogP contribution is 2.62. The highest BCUT2D eigenvalue weighted by molar-refractivity contribution is 5.80. The van der Waals surface area contributed by atoms with Gasteiger partial charge in [-0.2, -0.15) is 0 Å². The maximum Gasteiger partial charge on any atom is 0.323 e. The van der Waals surface area contributed by atoms with Crippen LogP contribution in [-0.4, -0.2) is 29.7 Å². The number of carboxylic acid groups (broad SMARTS) is 1. The molecule has 1 saturated carbocycles. The van der Waals surface area contributed by atoms with Crippen LogP contribution in [0.3, 0.4) is 0 Å². The summed E-state index contributed by atoms with van der Waals surface area (Å²) in [5.74, 6) is -1.04. The lowest BCUT2D eigenvalue weighted by atomic mass is 10.0. The SMILES string of the molecule is CC1(C)C(NC(=O)NCC(=O)O)C1(C)C. The van der Waals surface area contributed by atoms with Crippen molar-refractivity contribution < 1.29 is 14.7 Å². The number of carbonyl (C=O) groups excluding carboxylic acids is 1. The van der Waals surface area contributed by atoms with Gasteiger partial charge >= 0.3 is 12.0 Å². The van der Waals surface area contributed by atoms with Crippen molar-refractivity contribution in [3.05, 3.63) is 0 Å². The molecule has 86 valence electrons. The summed E-state index contributed by atoms with van der Waals surface area (Å²) >= 11 is 0. The molecule has 0 heterocycles. The van der Waals surface area contributed by atoms with Crippen molar-refractivity contribution in [2.24, 2.45) is 10.8 Å². The molecule has 0 radical (unpaired) electrons. The van der Waals surface area contributed by atoms with Crippen LogP contribution in [0.2, 0.25) is 0 Å². The van der Waals surface area contributed by atoms with Gasteiger partial charge in [-0.25, -0.2) is 4.79 Å². The van der Waals surface area contributed by atoms with E-state index < -0.39 is 12.0 Å². The summed E-state index contributed by atoms with van der Waals surface area (Å²) in [5.41, 5.74) is 0.126. The van der Waals surface area contributed by atoms with Gasteiger partial charge in [-0.3, -0.25) is 4.79 Å². The zero-order valence-electron chi connectivity index (χ0n) is 9.55. The monoisotopic (exact) mass is 214 g/mol. The number of carboxylic acids is 1. The Morgan fingerprint density at radius 2 is 1.67 bits per heavy atom. The van der Waals surface area contributed by atoms with Gasteiger partial charge in [0.15, 0.2) is 0 Å². The molecular formula is C10H18N2O3. The zero-order chi connectivity index (χ0) is 11.9. The lowest BCUT2D eigenvalue weighted by Gasteiger charge is -2.06. The van der Waals surface area contributed by atoms with Crippen molar-refractivity contribution in [3.8, 4) is 0 Å². The van der Waals surface area contributed by atoms with Crippen molar-refractivity contribution in [2.45, 2.75) is 33.7 Å². The number of hydrogen-bond acceptors (Lipinski definition) is 2. The lowest BCUT2D eigenvalue weighted by Crippen LogP contribution is -2.41. The molecule has 0 aromatic carbocycles. The fraction of sp³-hybridized carbons (Fsp3) is 0.800. The first kappa shape index (κ1) is 11.8. The number of amides is 2. The number of aliphatic carboxylic acids is 1. The first-order valence-corrected chi connectivity index (χ1v) is 4.95. The standard InChI is InChI=1S/C10H18N2O3/c1-9(2)7(10(9,3)4)12-8(15)11-5-6(13)14/h7H,5H2,1-4H3,(H,13,14)(H2,11,12,15). The lowest BCUT2D eigenvalue weighted by molar-refractivity contribution is -0.135. The Morgan fingerprint density at radius 3 is 2.00 bits per heavy atom. The topological polar surface area (TPSA) is 78.4 Å². The van der Waals surface area contributed by atoms with Crippen LogP contribution < -0.4 is 10.6 Å². The van der Waals surface area contributed by atoms with Crippen LogP contribution >= 0.6 is 0 Å². The molecule has 5 heteroatoms. The van der Waals surface area contributed by atoms with Gasteiger partial charge in [0.05, 0.1) is 0 Å². The molecule has 5 nitrogen and oxygen atoms in total. The van der Waals surface area contributed by atoms with Crippen molar-refractivity contribution in [1.82, 2.24) is 10.6 Å². The maximum absolute atomic E-state index is 11.3. The van der Waals surface area contributed by atoms with Crippen LogP contribution in [0.15, 0.2) is 0 Å². The van der Waals surface area contributed by atoms with Gasteiger partial charge in [0.1, 0.15) is 6.54 Å². The first-order valence-electron chi connectivity index (χ1n) is 4.95. The van der Waals surface area contributed by atoms with E-state index in [-0.39, 0.29) is 23.4 Å². The third-order valence-corrected chi connectivity index (χ3v) is 3.70. The Labute approximate surface area is 89.2 Å². The van der Waals surface area contributed by atoms with Crippen LogP contribution in [0.5, 0.6) is 0 Å². The molecule has 2 amide bonds. The van der Waals surface area contributed by atoms with Gasteiger partial charge in [-0.05, 0) is 10.8 Å². The number of nitrogens with one attached hydrogen (secondary N) is 2. The first-order chi connectivity index (χ1) is 6.69. The normalized spacial score (nSPS) is 21.9. The minimum atomic E-state index is -1.04. The van der Waals surface area contributed by atoms with Gasteiger partial charge < -0.3 is 15.7 Å². The molecule has 0 aromatic rings. The molecule has 1 fully saturated rings. The Morgan fingerprint density at radius 1 is 1.20 bits per heavy atom. The minimum Gasteiger partial charge on any atom is -0.480 e. The number of carbonyl (C=O) groups is 2. The fourth-order valence-corrected chi connectivity index (χ4v) is 1.90. The predicted molar refractivity (Wildman–Crippen MR) is 55.5 cm³/mol. The number of hydrogen-bond donors (Lipinski definition) is 3. The summed E-state index contributed by atoms with van der Waals surface area (Å²) < 4.78 is 0. The second-order valence-corrected chi connectivity index (χ2v) is 5.10. The average Bonchev–Trinajstić information content (AvgIpc) is 2.44. The van der Waals surface area contributed by atoms with Crippen LogP contribution in [0.1, 0.15) is 27.7 Å². The van der Waals surface area contributed by atoms with Gasteiger partial charge in [-0.15, -0.1) is 0 Å². The maximum atomic E-state index is 11.3. The van der Waals surface area contributed by atoms with Gasteiger partial charge in [0.2, 0.25) is 0 Å². The van der Waals surface area contributed by atoms with E-state index in [0.29, 0.717) is 0 Å². The fourth-order valence-electron chi connectivity index (χ4n) is 1.90. The van der Waals surface area contributed by atoms with Crippen LogP contribution in [0.25, 0.3) is 0 Å². The third kappa shape index (κ3) is 2.06. The molecule has 3 N–H and O–H groups in total. The molecule has 0 unspecified atom stereocenters. The summed E-state index contributed by atoms with van der Waals surface area (Å²) in [6.07, 6.45) is 0. The van der Waals surface area contributed by atoms with E-state index >= 15 is 0 Å². The number of urea groups is 1. The quantitative estimate of drug-likeness (QED) is 0.650. The van der Waals surface area contributed by atoms with Gasteiger partial charge in [0.25, 0.3) is 0 Å². The van der Waals surface area contributed by atoms with E-state index in [1.54, 1.807) is 0 Å². The smallest absolute Gasteiger partial charge is 0.323 e. The Hall–Kier alpha value is -1.26. The highest BCUT2D eigenvalue weighted by atomic mass is 16.4. The third-order valence-electron chi connectivity index (χ3n) is 3.70. The van der Waals surface area contributed by atoms with E-state index in [9.17, 15) is 9.59 Å². The molecule has 0 aromatic heterocycles. The highest BCUT2D eigenvalue weighted by Gasteiger charge is 2.65. The Bertz CT molecular complexity index is 283. The van der Waals surface area contributed by atoms with Crippen molar-refractivity contribution in [2.75, 3.05) is 6.54 Å². The summed E-state index contributed by atoms with van der Waals surface area (Å²) in [5, 5.41) is 13.4. The van der Waals surface area contributed by atoms with Gasteiger partial charge in [0, 0.05) is 6.04 Å². The summed E-state index contributed by atoms with van der Waals surface area (Å²) in [6, 6.07) is -0.320. The number of rotatable bonds is 3. The second kappa shape index (κ2) is 3.40. The van der Waals surface area contributed by atoms with Crippen LogP contribution in [0, 0.1) is 10.8 Å². The molecule has 15 heavy (non-hydrogen) atoms. The molecule has 0 bridgehead atoms. The molecular weight excluding hydrogens is 196 g/mol. The van der Waals surface area contributed by atoms with E-state index in [4.69, 9.17) is 5.11 Å². The second-order valence-electron chi connectivity index (χ2n) is 5.10. The molecule has 0 spiro atoms. The minimum absolute atomic E-state index is 0.0631.